The molecule has 2 aromatic heterocycles. The minimum Gasteiger partial charge on any atom is -0.497 e. The van der Waals surface area contributed by atoms with Gasteiger partial charge in [-0.05, 0) is 46.1 Å². The zero-order valence-corrected chi connectivity index (χ0v) is 13.9. The molecule has 6 heteroatoms. The maximum atomic E-state index is 5.16. The third-order valence-corrected chi connectivity index (χ3v) is 4.71. The van der Waals surface area contributed by atoms with Gasteiger partial charge in [0.15, 0.2) is 0 Å². The molecule has 108 valence electrons. The van der Waals surface area contributed by atoms with Crippen LogP contribution < -0.4 is 10.1 Å². The molecule has 1 N–H and O–H groups in total. The van der Waals surface area contributed by atoms with Crippen molar-refractivity contribution in [1.29, 1.82) is 0 Å². The summed E-state index contributed by atoms with van der Waals surface area (Å²) in [5, 5.41) is 4.44. The largest absolute Gasteiger partial charge is 0.497 e. The van der Waals surface area contributed by atoms with Crippen molar-refractivity contribution in [2.75, 3.05) is 19.0 Å². The van der Waals surface area contributed by atoms with Crippen LogP contribution in [0.4, 0.5) is 5.82 Å². The van der Waals surface area contributed by atoms with E-state index in [9.17, 15) is 0 Å². The first-order valence-corrected chi connectivity index (χ1v) is 8.14. The third kappa shape index (κ3) is 3.33. The fourth-order valence-electron chi connectivity index (χ4n) is 2.08. The number of fused-ring (bicyclic) bond motifs is 1. The number of anilines is 1. The molecule has 0 bridgehead atoms. The average molecular weight is 364 g/mol. The van der Waals surface area contributed by atoms with Gasteiger partial charge in [0, 0.05) is 6.54 Å². The molecule has 0 atom stereocenters. The molecule has 1 aromatic carbocycles. The highest BCUT2D eigenvalue weighted by molar-refractivity contribution is 9.11. The lowest BCUT2D eigenvalue weighted by atomic mass is 10.1. The summed E-state index contributed by atoms with van der Waals surface area (Å²) < 4.78 is 6.22. The minimum absolute atomic E-state index is 0.825. The number of thiophene rings is 1. The van der Waals surface area contributed by atoms with Gasteiger partial charge in [-0.15, -0.1) is 11.3 Å². The maximum Gasteiger partial charge on any atom is 0.138 e. The Morgan fingerprint density at radius 1 is 1.24 bits per heavy atom. The molecule has 3 rings (SSSR count). The van der Waals surface area contributed by atoms with Crippen LogP contribution in [0.5, 0.6) is 5.75 Å². The van der Waals surface area contributed by atoms with Gasteiger partial charge >= 0.3 is 0 Å². The summed E-state index contributed by atoms with van der Waals surface area (Å²) in [6.07, 6.45) is 2.53. The van der Waals surface area contributed by atoms with E-state index in [0.717, 1.165) is 38.5 Å². The number of methoxy groups -OCH3 is 1. The van der Waals surface area contributed by atoms with Crippen LogP contribution in [0.15, 0.2) is 40.4 Å². The van der Waals surface area contributed by atoms with Crippen LogP contribution >= 0.6 is 27.3 Å². The summed E-state index contributed by atoms with van der Waals surface area (Å²) in [4.78, 5) is 9.58. The van der Waals surface area contributed by atoms with Gasteiger partial charge < -0.3 is 10.1 Å². The van der Waals surface area contributed by atoms with E-state index in [1.807, 2.05) is 12.1 Å². The first-order chi connectivity index (χ1) is 10.3. The fourth-order valence-corrected chi connectivity index (χ4v) is 3.50. The quantitative estimate of drug-likeness (QED) is 0.740. The van der Waals surface area contributed by atoms with Crippen molar-refractivity contribution < 1.29 is 4.74 Å². The Kier molecular flexibility index (Phi) is 4.36. The summed E-state index contributed by atoms with van der Waals surface area (Å²) in [6, 6.07) is 10.2. The number of ether oxygens (including phenoxy) is 1. The molecule has 0 aliphatic carbocycles. The van der Waals surface area contributed by atoms with Gasteiger partial charge in [-0.1, -0.05) is 12.1 Å². The van der Waals surface area contributed by atoms with Crippen molar-refractivity contribution in [1.82, 2.24) is 9.97 Å². The highest BCUT2D eigenvalue weighted by Gasteiger charge is 2.06. The van der Waals surface area contributed by atoms with Gasteiger partial charge in [0.1, 0.15) is 22.7 Å². The van der Waals surface area contributed by atoms with E-state index in [4.69, 9.17) is 4.74 Å². The van der Waals surface area contributed by atoms with Crippen LogP contribution in [0.3, 0.4) is 0 Å². The van der Waals surface area contributed by atoms with Gasteiger partial charge in [-0.2, -0.15) is 0 Å². The molecule has 0 radical (unpaired) electrons. The van der Waals surface area contributed by atoms with Gasteiger partial charge in [0.25, 0.3) is 0 Å². The molecule has 0 aliphatic rings. The lowest BCUT2D eigenvalue weighted by Crippen LogP contribution is -2.06. The second-order valence-corrected chi connectivity index (χ2v) is 6.93. The summed E-state index contributed by atoms with van der Waals surface area (Å²) in [5.74, 6) is 1.77. The second-order valence-electron chi connectivity index (χ2n) is 4.52. The fraction of sp³-hybridized carbons (Fsp3) is 0.200. The highest BCUT2D eigenvalue weighted by Crippen LogP contribution is 2.31. The molecule has 0 fully saturated rings. The van der Waals surface area contributed by atoms with E-state index in [0.29, 0.717) is 0 Å². The zero-order valence-electron chi connectivity index (χ0n) is 11.5. The second kappa shape index (κ2) is 6.41. The Balaban J connectivity index is 1.66. The Morgan fingerprint density at radius 3 is 2.81 bits per heavy atom. The summed E-state index contributed by atoms with van der Waals surface area (Å²) >= 11 is 5.10. The number of nitrogens with zero attached hydrogens (tertiary/aromatic N) is 2. The Morgan fingerprint density at radius 2 is 2.05 bits per heavy atom. The first-order valence-electron chi connectivity index (χ1n) is 6.53. The Bertz CT molecular complexity index is 742. The molecular weight excluding hydrogens is 350 g/mol. The predicted molar refractivity (Wildman–Crippen MR) is 90.3 cm³/mol. The molecule has 4 nitrogen and oxygen atoms in total. The van der Waals surface area contributed by atoms with Crippen molar-refractivity contribution >= 4 is 43.3 Å². The number of hydrogen-bond acceptors (Lipinski definition) is 5. The molecule has 0 aliphatic heterocycles. The van der Waals surface area contributed by atoms with Crippen molar-refractivity contribution in [3.63, 3.8) is 0 Å². The van der Waals surface area contributed by atoms with Crippen LogP contribution in [0.1, 0.15) is 5.56 Å². The topological polar surface area (TPSA) is 47.0 Å². The monoisotopic (exact) mass is 363 g/mol. The molecule has 0 saturated carbocycles. The number of hydrogen-bond donors (Lipinski definition) is 1. The summed E-state index contributed by atoms with van der Waals surface area (Å²) in [7, 11) is 1.68. The highest BCUT2D eigenvalue weighted by atomic mass is 79.9. The van der Waals surface area contributed by atoms with Gasteiger partial charge in [-0.25, -0.2) is 9.97 Å². The normalized spacial score (nSPS) is 10.8. The molecule has 0 saturated heterocycles. The SMILES string of the molecule is COc1ccc(CCNc2ncnc3sc(Br)cc23)cc1. The maximum absolute atomic E-state index is 5.16. The van der Waals surface area contributed by atoms with E-state index in [-0.39, 0.29) is 0 Å². The van der Waals surface area contributed by atoms with Crippen LogP contribution in [0.25, 0.3) is 10.2 Å². The molecular formula is C15H14BrN3OS. The molecule has 0 spiro atoms. The number of benzene rings is 1. The molecule has 3 aromatic rings. The van der Waals surface area contributed by atoms with Gasteiger partial charge in [0.05, 0.1) is 16.3 Å². The van der Waals surface area contributed by atoms with Crippen molar-refractivity contribution in [2.45, 2.75) is 6.42 Å². The third-order valence-electron chi connectivity index (χ3n) is 3.16. The van der Waals surface area contributed by atoms with E-state index in [1.54, 1.807) is 24.8 Å². The van der Waals surface area contributed by atoms with Crippen LogP contribution in [-0.2, 0) is 6.42 Å². The predicted octanol–water partition coefficient (Wildman–Crippen LogP) is 4.12. The molecule has 0 unspecified atom stereocenters. The van der Waals surface area contributed by atoms with E-state index in [1.165, 1.54) is 5.56 Å². The smallest absolute Gasteiger partial charge is 0.138 e. The summed E-state index contributed by atoms with van der Waals surface area (Å²) in [6.45, 7) is 0.825. The van der Waals surface area contributed by atoms with Gasteiger partial charge in [-0.3, -0.25) is 0 Å². The first kappa shape index (κ1) is 14.3. The number of aromatic nitrogens is 2. The number of nitrogens with one attached hydrogen (secondary N) is 1. The minimum atomic E-state index is 0.825. The van der Waals surface area contributed by atoms with E-state index < -0.39 is 0 Å². The van der Waals surface area contributed by atoms with E-state index >= 15 is 0 Å². The zero-order chi connectivity index (χ0) is 14.7. The lowest BCUT2D eigenvalue weighted by Gasteiger charge is -2.07. The van der Waals surface area contributed by atoms with Gasteiger partial charge in [0.2, 0.25) is 0 Å². The average Bonchev–Trinajstić information content (AvgIpc) is 2.89. The van der Waals surface area contributed by atoms with E-state index in [2.05, 4.69) is 49.4 Å². The molecule has 2 heterocycles. The lowest BCUT2D eigenvalue weighted by molar-refractivity contribution is 0.414. The van der Waals surface area contributed by atoms with Crippen molar-refractivity contribution in [3.8, 4) is 5.75 Å². The van der Waals surface area contributed by atoms with Crippen LogP contribution in [0, 0.1) is 0 Å². The molecule has 0 amide bonds. The van der Waals surface area contributed by atoms with Crippen molar-refractivity contribution in [3.05, 3.63) is 46.0 Å². The number of rotatable bonds is 5. The Hall–Kier alpha value is -1.66. The van der Waals surface area contributed by atoms with Crippen LogP contribution in [-0.4, -0.2) is 23.6 Å². The number of halogens is 1. The standard InChI is InChI=1S/C15H14BrN3OS/c1-20-11-4-2-10(3-5-11)6-7-17-14-12-8-13(16)21-15(12)19-9-18-14/h2-5,8-9H,6-7H2,1H3,(H,17,18,19). The summed E-state index contributed by atoms with van der Waals surface area (Å²) in [5.41, 5.74) is 1.26. The van der Waals surface area contributed by atoms with Crippen molar-refractivity contribution in [2.24, 2.45) is 0 Å². The molecule has 21 heavy (non-hydrogen) atoms. The Labute approximate surface area is 135 Å². The van der Waals surface area contributed by atoms with Crippen LogP contribution in [0.2, 0.25) is 0 Å².